The van der Waals surface area contributed by atoms with Crippen molar-refractivity contribution in [2.45, 2.75) is 18.9 Å². The van der Waals surface area contributed by atoms with Gasteiger partial charge < -0.3 is 15.9 Å². The van der Waals surface area contributed by atoms with Gasteiger partial charge in [0.05, 0.1) is 6.10 Å². The lowest BCUT2D eigenvalue weighted by Crippen LogP contribution is -2.21. The monoisotopic (exact) mass is 159 g/mol. The summed E-state index contributed by atoms with van der Waals surface area (Å²) in [6, 6.07) is 0. The van der Waals surface area contributed by atoms with Gasteiger partial charge in [-0.15, -0.1) is 0 Å². The second-order valence-corrected chi connectivity index (χ2v) is 3.08. The third-order valence-electron chi connectivity index (χ3n) is 2.29. The summed E-state index contributed by atoms with van der Waals surface area (Å²) in [5, 5.41) is 18.0. The van der Waals surface area contributed by atoms with Gasteiger partial charge in [0.1, 0.15) is 0 Å². The molecule has 0 aromatic rings. The SMILES string of the molecule is NC(=O)[C@H]1C[C@@H](CO)[C@H](O)C1. The molecule has 4 heteroatoms. The van der Waals surface area contributed by atoms with E-state index >= 15 is 0 Å². The highest BCUT2D eigenvalue weighted by molar-refractivity contribution is 5.77. The lowest BCUT2D eigenvalue weighted by molar-refractivity contribution is -0.121. The zero-order valence-electron chi connectivity index (χ0n) is 6.23. The molecule has 11 heavy (non-hydrogen) atoms. The molecule has 1 amide bonds. The summed E-state index contributed by atoms with van der Waals surface area (Å²) in [6.45, 7) is -0.0645. The van der Waals surface area contributed by atoms with Gasteiger partial charge in [0.25, 0.3) is 0 Å². The molecule has 0 aliphatic heterocycles. The van der Waals surface area contributed by atoms with Crippen LogP contribution in [0.2, 0.25) is 0 Å². The van der Waals surface area contributed by atoms with Crippen LogP contribution in [0.25, 0.3) is 0 Å². The quantitative estimate of drug-likeness (QED) is 0.475. The number of carbonyl (C=O) groups excluding carboxylic acids is 1. The fourth-order valence-electron chi connectivity index (χ4n) is 1.53. The van der Waals surface area contributed by atoms with E-state index < -0.39 is 6.10 Å². The van der Waals surface area contributed by atoms with Crippen molar-refractivity contribution >= 4 is 5.91 Å². The van der Waals surface area contributed by atoms with Gasteiger partial charge in [0, 0.05) is 18.4 Å². The van der Waals surface area contributed by atoms with Crippen LogP contribution in [-0.2, 0) is 4.79 Å². The third-order valence-corrected chi connectivity index (χ3v) is 2.29. The number of carbonyl (C=O) groups is 1. The molecule has 4 N–H and O–H groups in total. The molecule has 1 rings (SSSR count). The van der Waals surface area contributed by atoms with Gasteiger partial charge in [-0.25, -0.2) is 0 Å². The van der Waals surface area contributed by atoms with E-state index in [9.17, 15) is 9.90 Å². The molecule has 1 fully saturated rings. The first-order chi connectivity index (χ1) is 5.15. The van der Waals surface area contributed by atoms with Crippen molar-refractivity contribution in [3.63, 3.8) is 0 Å². The molecule has 64 valence electrons. The number of hydrogen-bond acceptors (Lipinski definition) is 3. The molecule has 1 saturated carbocycles. The lowest BCUT2D eigenvalue weighted by Gasteiger charge is -2.08. The average molecular weight is 159 g/mol. The molecule has 0 radical (unpaired) electrons. The second kappa shape index (κ2) is 3.19. The van der Waals surface area contributed by atoms with Crippen LogP contribution < -0.4 is 5.73 Å². The van der Waals surface area contributed by atoms with Crippen LogP contribution >= 0.6 is 0 Å². The van der Waals surface area contributed by atoms with Gasteiger partial charge in [0.2, 0.25) is 5.91 Å². The predicted molar refractivity (Wildman–Crippen MR) is 38.5 cm³/mol. The zero-order chi connectivity index (χ0) is 8.43. The molecule has 1 aliphatic carbocycles. The van der Waals surface area contributed by atoms with Crippen LogP contribution in [0, 0.1) is 11.8 Å². The van der Waals surface area contributed by atoms with Crippen LogP contribution in [0.4, 0.5) is 0 Å². The molecule has 4 nitrogen and oxygen atoms in total. The van der Waals surface area contributed by atoms with Crippen LogP contribution in [0.1, 0.15) is 12.8 Å². The summed E-state index contributed by atoms with van der Waals surface area (Å²) < 4.78 is 0. The maximum atomic E-state index is 10.6. The van der Waals surface area contributed by atoms with Gasteiger partial charge in [0.15, 0.2) is 0 Å². The maximum absolute atomic E-state index is 10.6. The number of amides is 1. The van der Waals surface area contributed by atoms with E-state index in [1.165, 1.54) is 0 Å². The summed E-state index contributed by atoms with van der Waals surface area (Å²) >= 11 is 0. The Kier molecular flexibility index (Phi) is 2.46. The minimum Gasteiger partial charge on any atom is -0.396 e. The molecule has 0 saturated heterocycles. The van der Waals surface area contributed by atoms with Gasteiger partial charge in [-0.05, 0) is 12.8 Å². The Morgan fingerprint density at radius 3 is 2.45 bits per heavy atom. The van der Waals surface area contributed by atoms with E-state index in [0.29, 0.717) is 12.8 Å². The Morgan fingerprint density at radius 1 is 1.55 bits per heavy atom. The van der Waals surface area contributed by atoms with Crippen molar-refractivity contribution in [2.75, 3.05) is 6.61 Å². The van der Waals surface area contributed by atoms with Crippen LogP contribution in [0.5, 0.6) is 0 Å². The highest BCUT2D eigenvalue weighted by Gasteiger charge is 2.35. The molecular weight excluding hydrogens is 146 g/mol. The molecule has 3 atom stereocenters. The predicted octanol–water partition coefficient (Wildman–Crippen LogP) is -1.15. The van der Waals surface area contributed by atoms with Crippen LogP contribution in [0.15, 0.2) is 0 Å². The van der Waals surface area contributed by atoms with Crippen LogP contribution in [0.3, 0.4) is 0 Å². The van der Waals surface area contributed by atoms with Gasteiger partial charge >= 0.3 is 0 Å². The van der Waals surface area contributed by atoms with Crippen molar-refractivity contribution in [3.05, 3.63) is 0 Å². The Labute approximate surface area is 65.0 Å². The average Bonchev–Trinajstić information content (AvgIpc) is 2.31. The Hall–Kier alpha value is -0.610. The number of nitrogens with two attached hydrogens (primary N) is 1. The standard InChI is InChI=1S/C7H13NO3/c8-7(11)4-1-5(3-9)6(10)2-4/h4-6,9-10H,1-3H2,(H2,8,11)/t4-,5-,6+/m0/s1. The largest absolute Gasteiger partial charge is 0.396 e. The van der Waals surface area contributed by atoms with E-state index in [0.717, 1.165) is 0 Å². The normalized spacial score (nSPS) is 37.5. The molecule has 0 heterocycles. The maximum Gasteiger partial charge on any atom is 0.220 e. The van der Waals surface area contributed by atoms with Crippen molar-refractivity contribution < 1.29 is 15.0 Å². The van der Waals surface area contributed by atoms with Gasteiger partial charge in [-0.2, -0.15) is 0 Å². The summed E-state index contributed by atoms with van der Waals surface area (Å²) in [5.74, 6) is -0.783. The topological polar surface area (TPSA) is 83.6 Å². The summed E-state index contributed by atoms with van der Waals surface area (Å²) in [7, 11) is 0. The molecule has 0 bridgehead atoms. The number of hydrogen-bond donors (Lipinski definition) is 3. The first kappa shape index (κ1) is 8.49. The van der Waals surface area contributed by atoms with Gasteiger partial charge in [-0.3, -0.25) is 4.79 Å². The Balaban J connectivity index is 2.49. The fraction of sp³-hybridized carbons (Fsp3) is 0.857. The lowest BCUT2D eigenvalue weighted by atomic mass is 10.1. The van der Waals surface area contributed by atoms with Crippen molar-refractivity contribution in [3.8, 4) is 0 Å². The third kappa shape index (κ3) is 1.70. The van der Waals surface area contributed by atoms with Crippen molar-refractivity contribution in [2.24, 2.45) is 17.6 Å². The second-order valence-electron chi connectivity index (χ2n) is 3.08. The summed E-state index contributed by atoms with van der Waals surface area (Å²) in [4.78, 5) is 10.6. The van der Waals surface area contributed by atoms with Crippen molar-refractivity contribution in [1.29, 1.82) is 0 Å². The van der Waals surface area contributed by atoms with E-state index in [4.69, 9.17) is 10.8 Å². The van der Waals surface area contributed by atoms with E-state index in [1.807, 2.05) is 0 Å². The number of aliphatic hydroxyl groups excluding tert-OH is 2. The molecule has 0 unspecified atom stereocenters. The summed E-state index contributed by atoms with van der Waals surface area (Å²) in [5.41, 5.74) is 5.05. The first-order valence-corrected chi connectivity index (χ1v) is 3.73. The zero-order valence-corrected chi connectivity index (χ0v) is 6.23. The summed E-state index contributed by atoms with van der Waals surface area (Å²) in [6.07, 6.45) is 0.366. The minimum absolute atomic E-state index is 0.0645. The number of aliphatic hydroxyl groups is 2. The van der Waals surface area contributed by atoms with E-state index in [-0.39, 0.29) is 24.3 Å². The van der Waals surface area contributed by atoms with E-state index in [1.54, 1.807) is 0 Å². The fourth-order valence-corrected chi connectivity index (χ4v) is 1.53. The van der Waals surface area contributed by atoms with Crippen molar-refractivity contribution in [1.82, 2.24) is 0 Å². The Bertz CT molecular complexity index is 160. The highest BCUT2D eigenvalue weighted by Crippen LogP contribution is 2.30. The smallest absolute Gasteiger partial charge is 0.220 e. The minimum atomic E-state index is -0.558. The van der Waals surface area contributed by atoms with E-state index in [2.05, 4.69) is 0 Å². The Morgan fingerprint density at radius 2 is 2.18 bits per heavy atom. The molecule has 0 spiro atoms. The highest BCUT2D eigenvalue weighted by atomic mass is 16.3. The molecular formula is C7H13NO3. The molecule has 0 aromatic heterocycles. The number of primary amides is 1. The van der Waals surface area contributed by atoms with Gasteiger partial charge in [-0.1, -0.05) is 0 Å². The first-order valence-electron chi connectivity index (χ1n) is 3.73. The molecule has 1 aliphatic rings. The van der Waals surface area contributed by atoms with Crippen LogP contribution in [-0.4, -0.2) is 28.8 Å². The molecule has 0 aromatic carbocycles. The number of rotatable bonds is 2.